The van der Waals surface area contributed by atoms with Crippen molar-refractivity contribution < 1.29 is 4.79 Å². The van der Waals surface area contributed by atoms with Crippen molar-refractivity contribution in [3.63, 3.8) is 0 Å². The van der Waals surface area contributed by atoms with Gasteiger partial charge in [0, 0.05) is 6.54 Å². The molecule has 54 valence electrons. The van der Waals surface area contributed by atoms with Crippen LogP contribution in [0.1, 0.15) is 0 Å². The summed E-state index contributed by atoms with van der Waals surface area (Å²) in [6.45, 7) is 10.8. The molecule has 0 saturated carbocycles. The molecule has 2 heteroatoms. The van der Waals surface area contributed by atoms with Crippen molar-refractivity contribution in [2.45, 2.75) is 0 Å². The molecule has 0 heterocycles. The van der Waals surface area contributed by atoms with E-state index < -0.39 is 0 Å². The molecule has 0 aromatic heterocycles. The summed E-state index contributed by atoms with van der Waals surface area (Å²) in [5, 5.41) is 2.56. The van der Waals surface area contributed by atoms with Gasteiger partial charge in [-0.25, -0.2) is 0 Å². The smallest absolute Gasteiger partial charge is 0.243 e. The van der Waals surface area contributed by atoms with E-state index in [1.807, 2.05) is 0 Å². The van der Waals surface area contributed by atoms with Gasteiger partial charge in [0.25, 0.3) is 0 Å². The lowest BCUT2D eigenvalue weighted by molar-refractivity contribution is -0.116. The van der Waals surface area contributed by atoms with Crippen molar-refractivity contribution in [2.75, 3.05) is 6.54 Å². The zero-order valence-corrected chi connectivity index (χ0v) is 5.89. The van der Waals surface area contributed by atoms with Crippen LogP contribution < -0.4 is 5.32 Å². The first-order valence-electron chi connectivity index (χ1n) is 2.91. The monoisotopic (exact) mass is 137 g/mol. The van der Waals surface area contributed by atoms with Gasteiger partial charge in [-0.1, -0.05) is 25.8 Å². The number of rotatable bonds is 4. The van der Waals surface area contributed by atoms with Crippen LogP contribution in [0.3, 0.4) is 0 Å². The minimum absolute atomic E-state index is 0.192. The Morgan fingerprint density at radius 3 is 2.40 bits per heavy atom. The molecule has 1 amide bonds. The topological polar surface area (TPSA) is 29.1 Å². The standard InChI is InChI=1S/C8H11NO/c1-4-7(3)6-9-8(10)5-2/h4-5H,1-3,6H2,(H,9,10). The van der Waals surface area contributed by atoms with Crippen LogP contribution in [-0.2, 0) is 4.79 Å². The van der Waals surface area contributed by atoms with Crippen LogP contribution in [0.4, 0.5) is 0 Å². The van der Waals surface area contributed by atoms with Crippen LogP contribution >= 0.6 is 0 Å². The molecule has 0 atom stereocenters. The zero-order chi connectivity index (χ0) is 7.98. The predicted octanol–water partition coefficient (Wildman–Crippen LogP) is 1.03. The van der Waals surface area contributed by atoms with Crippen LogP contribution in [-0.4, -0.2) is 12.5 Å². The molecule has 0 radical (unpaired) electrons. The first-order chi connectivity index (χ1) is 4.70. The maximum Gasteiger partial charge on any atom is 0.243 e. The van der Waals surface area contributed by atoms with E-state index in [1.54, 1.807) is 6.08 Å². The normalized spacial score (nSPS) is 8.00. The predicted molar refractivity (Wildman–Crippen MR) is 42.5 cm³/mol. The van der Waals surface area contributed by atoms with Crippen LogP contribution in [0, 0.1) is 0 Å². The summed E-state index contributed by atoms with van der Waals surface area (Å²) < 4.78 is 0. The van der Waals surface area contributed by atoms with Crippen molar-refractivity contribution in [1.82, 2.24) is 5.32 Å². The first kappa shape index (κ1) is 8.69. The lowest BCUT2D eigenvalue weighted by Crippen LogP contribution is -2.22. The molecule has 10 heavy (non-hydrogen) atoms. The lowest BCUT2D eigenvalue weighted by atomic mass is 10.3. The highest BCUT2D eigenvalue weighted by atomic mass is 16.1. The second-order valence-electron chi connectivity index (χ2n) is 1.78. The molecule has 0 aromatic carbocycles. The number of carbonyl (C=O) groups is 1. The summed E-state index contributed by atoms with van der Waals surface area (Å²) in [7, 11) is 0. The Labute approximate surface area is 60.9 Å². The van der Waals surface area contributed by atoms with E-state index in [9.17, 15) is 4.79 Å². The molecule has 0 fully saturated rings. The van der Waals surface area contributed by atoms with E-state index in [2.05, 4.69) is 25.1 Å². The SMILES string of the molecule is C=CC(=C)CNC(=O)C=C. The van der Waals surface area contributed by atoms with Crippen LogP contribution in [0.5, 0.6) is 0 Å². The Bertz CT molecular complexity index is 150. The van der Waals surface area contributed by atoms with Crippen molar-refractivity contribution >= 4 is 5.91 Å². The summed E-state index contributed by atoms with van der Waals surface area (Å²) in [5.41, 5.74) is 0.787. The summed E-state index contributed by atoms with van der Waals surface area (Å²) in [6, 6.07) is 0. The highest BCUT2D eigenvalue weighted by molar-refractivity contribution is 5.87. The van der Waals surface area contributed by atoms with Gasteiger partial charge in [0.1, 0.15) is 0 Å². The van der Waals surface area contributed by atoms with Crippen LogP contribution in [0.2, 0.25) is 0 Å². The molecule has 0 aliphatic heterocycles. The Balaban J connectivity index is 3.54. The van der Waals surface area contributed by atoms with Crippen molar-refractivity contribution in [1.29, 1.82) is 0 Å². The Morgan fingerprint density at radius 2 is 2.00 bits per heavy atom. The molecule has 0 rings (SSSR count). The summed E-state index contributed by atoms with van der Waals surface area (Å²) >= 11 is 0. The average molecular weight is 137 g/mol. The van der Waals surface area contributed by atoms with E-state index in [4.69, 9.17) is 0 Å². The highest BCUT2D eigenvalue weighted by Gasteiger charge is 1.91. The fourth-order valence-corrected chi connectivity index (χ4v) is 0.345. The maximum absolute atomic E-state index is 10.5. The third-order valence-electron chi connectivity index (χ3n) is 0.964. The van der Waals surface area contributed by atoms with E-state index >= 15 is 0 Å². The maximum atomic E-state index is 10.5. The number of nitrogens with one attached hydrogen (secondary N) is 1. The minimum Gasteiger partial charge on any atom is -0.349 e. The molecule has 0 spiro atoms. The fraction of sp³-hybridized carbons (Fsp3) is 0.125. The average Bonchev–Trinajstić information content (AvgIpc) is 1.99. The molecule has 0 bridgehead atoms. The molecule has 0 unspecified atom stereocenters. The Kier molecular flexibility index (Phi) is 3.96. The van der Waals surface area contributed by atoms with Crippen LogP contribution in [0.25, 0.3) is 0 Å². The molecule has 0 aromatic rings. The quantitative estimate of drug-likeness (QED) is 0.455. The number of hydrogen-bond donors (Lipinski definition) is 1. The highest BCUT2D eigenvalue weighted by Crippen LogP contribution is 1.85. The molecule has 0 aliphatic rings. The van der Waals surface area contributed by atoms with E-state index in [0.717, 1.165) is 5.57 Å². The number of amides is 1. The summed E-state index contributed by atoms with van der Waals surface area (Å²) in [5.74, 6) is -0.192. The molecular formula is C8H11NO. The third-order valence-corrected chi connectivity index (χ3v) is 0.964. The van der Waals surface area contributed by atoms with Gasteiger partial charge in [-0.3, -0.25) is 4.79 Å². The first-order valence-corrected chi connectivity index (χ1v) is 2.91. The van der Waals surface area contributed by atoms with Gasteiger partial charge in [0.2, 0.25) is 5.91 Å². The fourth-order valence-electron chi connectivity index (χ4n) is 0.345. The molecular weight excluding hydrogens is 126 g/mol. The van der Waals surface area contributed by atoms with Gasteiger partial charge >= 0.3 is 0 Å². The second kappa shape index (κ2) is 4.56. The molecule has 0 saturated heterocycles. The van der Waals surface area contributed by atoms with E-state index in [-0.39, 0.29) is 5.91 Å². The summed E-state index contributed by atoms with van der Waals surface area (Å²) in [4.78, 5) is 10.5. The second-order valence-corrected chi connectivity index (χ2v) is 1.78. The lowest BCUT2D eigenvalue weighted by Gasteiger charge is -1.99. The van der Waals surface area contributed by atoms with Gasteiger partial charge in [0.15, 0.2) is 0 Å². The van der Waals surface area contributed by atoms with E-state index in [1.165, 1.54) is 6.08 Å². The molecule has 1 N–H and O–H groups in total. The number of hydrogen-bond acceptors (Lipinski definition) is 1. The molecule has 0 aliphatic carbocycles. The van der Waals surface area contributed by atoms with Crippen LogP contribution in [0.15, 0.2) is 37.5 Å². The molecule has 2 nitrogen and oxygen atoms in total. The van der Waals surface area contributed by atoms with Gasteiger partial charge in [-0.2, -0.15) is 0 Å². The van der Waals surface area contributed by atoms with Gasteiger partial charge in [-0.15, -0.1) is 0 Å². The van der Waals surface area contributed by atoms with Crippen molar-refractivity contribution in [3.05, 3.63) is 37.5 Å². The zero-order valence-electron chi connectivity index (χ0n) is 5.89. The Morgan fingerprint density at radius 1 is 1.40 bits per heavy atom. The van der Waals surface area contributed by atoms with E-state index in [0.29, 0.717) is 6.54 Å². The minimum atomic E-state index is -0.192. The van der Waals surface area contributed by atoms with Crippen molar-refractivity contribution in [3.8, 4) is 0 Å². The van der Waals surface area contributed by atoms with Crippen molar-refractivity contribution in [2.24, 2.45) is 0 Å². The third kappa shape index (κ3) is 3.66. The van der Waals surface area contributed by atoms with Gasteiger partial charge in [-0.05, 0) is 11.6 Å². The summed E-state index contributed by atoms with van der Waals surface area (Å²) in [6.07, 6.45) is 2.82. The largest absolute Gasteiger partial charge is 0.349 e. The van der Waals surface area contributed by atoms with Gasteiger partial charge in [0.05, 0.1) is 0 Å². The number of carbonyl (C=O) groups excluding carboxylic acids is 1. The van der Waals surface area contributed by atoms with Gasteiger partial charge < -0.3 is 5.32 Å². The Hall–Kier alpha value is -1.31.